The maximum atomic E-state index is 14.4. The van der Waals surface area contributed by atoms with E-state index < -0.39 is 8.32 Å². The number of rotatable bonds is 11. The number of hydrogen-bond acceptors (Lipinski definition) is 7. The van der Waals surface area contributed by atoms with Gasteiger partial charge in [-0.05, 0) is 90.8 Å². The van der Waals surface area contributed by atoms with Crippen LogP contribution in [0.3, 0.4) is 0 Å². The van der Waals surface area contributed by atoms with E-state index in [-0.39, 0.29) is 16.9 Å². The number of imidazole rings is 1. The highest BCUT2D eigenvalue weighted by Crippen LogP contribution is 2.37. The zero-order valence-electron chi connectivity index (χ0n) is 26.4. The fourth-order valence-corrected chi connectivity index (χ4v) is 5.44. The van der Waals surface area contributed by atoms with Crippen LogP contribution in [0.4, 0.5) is 10.2 Å². The number of hydrogen-bond donors (Lipinski definition) is 1. The quantitative estimate of drug-likeness (QED) is 0.150. The molecule has 0 saturated carbocycles. The van der Waals surface area contributed by atoms with Gasteiger partial charge in [-0.1, -0.05) is 32.9 Å². The van der Waals surface area contributed by atoms with Gasteiger partial charge in [-0.2, -0.15) is 0 Å². The van der Waals surface area contributed by atoms with Crippen LogP contribution in [0.1, 0.15) is 50.4 Å². The first-order chi connectivity index (χ1) is 20.9. The molecule has 1 unspecified atom stereocenters. The van der Waals surface area contributed by atoms with Gasteiger partial charge in [0.05, 0.1) is 31.6 Å². The standard InChI is InChI=1S/C34H40FN5O3Si/c1-23(28-19-26(35)10-13-31(28)42-21-24-8-11-27(41-5)12-9-24)38-32-14-15-33-37-20-30(40(33)39-32)29-18-25(16-17-36-29)22-43-44(6,7)34(2,3)4/h8-20,23H,21-22H2,1-7H3,(H,38,39). The van der Waals surface area contributed by atoms with Crippen LogP contribution in [0.25, 0.3) is 17.0 Å². The Morgan fingerprint density at radius 1 is 0.932 bits per heavy atom. The first kappa shape index (κ1) is 31.2. The maximum Gasteiger partial charge on any atom is 0.192 e. The maximum absolute atomic E-state index is 14.4. The van der Waals surface area contributed by atoms with Crippen molar-refractivity contribution in [1.29, 1.82) is 0 Å². The summed E-state index contributed by atoms with van der Waals surface area (Å²) in [6, 6.07) is 19.7. The molecule has 0 aliphatic heterocycles. The van der Waals surface area contributed by atoms with Crippen molar-refractivity contribution in [3.8, 4) is 22.9 Å². The van der Waals surface area contributed by atoms with Crippen LogP contribution in [-0.4, -0.2) is 35.0 Å². The molecule has 0 amide bonds. The van der Waals surface area contributed by atoms with Gasteiger partial charge >= 0.3 is 0 Å². The summed E-state index contributed by atoms with van der Waals surface area (Å²) in [4.78, 5) is 9.15. The van der Waals surface area contributed by atoms with E-state index in [4.69, 9.17) is 19.0 Å². The van der Waals surface area contributed by atoms with Crippen LogP contribution in [0.5, 0.6) is 11.5 Å². The second-order valence-corrected chi connectivity index (χ2v) is 17.2. The van der Waals surface area contributed by atoms with E-state index >= 15 is 0 Å². The van der Waals surface area contributed by atoms with E-state index in [9.17, 15) is 4.39 Å². The van der Waals surface area contributed by atoms with Gasteiger partial charge in [0, 0.05) is 11.8 Å². The lowest BCUT2D eigenvalue weighted by atomic mass is 10.1. The molecule has 3 heterocycles. The number of nitrogens with one attached hydrogen (secondary N) is 1. The Kier molecular flexibility index (Phi) is 9.03. The van der Waals surface area contributed by atoms with Crippen LogP contribution in [0, 0.1) is 5.82 Å². The zero-order valence-corrected chi connectivity index (χ0v) is 27.4. The minimum absolute atomic E-state index is 0.129. The lowest BCUT2D eigenvalue weighted by molar-refractivity contribution is 0.276. The van der Waals surface area contributed by atoms with Crippen LogP contribution < -0.4 is 14.8 Å². The minimum Gasteiger partial charge on any atom is -0.497 e. The summed E-state index contributed by atoms with van der Waals surface area (Å²) in [5.41, 5.74) is 4.92. The predicted molar refractivity (Wildman–Crippen MR) is 174 cm³/mol. The van der Waals surface area contributed by atoms with Gasteiger partial charge in [-0.25, -0.2) is 13.9 Å². The largest absolute Gasteiger partial charge is 0.497 e. The normalized spacial score (nSPS) is 12.7. The highest BCUT2D eigenvalue weighted by molar-refractivity contribution is 6.74. The molecule has 0 aliphatic rings. The summed E-state index contributed by atoms with van der Waals surface area (Å²) in [6.45, 7) is 14.0. The Bertz CT molecular complexity index is 1730. The number of ether oxygens (including phenoxy) is 2. The van der Waals surface area contributed by atoms with Crippen molar-refractivity contribution in [3.05, 3.63) is 102 Å². The zero-order chi connectivity index (χ0) is 31.5. The van der Waals surface area contributed by atoms with Gasteiger partial charge in [0.1, 0.15) is 35.4 Å². The average molecular weight is 614 g/mol. The van der Waals surface area contributed by atoms with Crippen molar-refractivity contribution in [2.75, 3.05) is 12.4 Å². The van der Waals surface area contributed by atoms with E-state index in [1.54, 1.807) is 30.1 Å². The Balaban J connectivity index is 1.34. The highest BCUT2D eigenvalue weighted by atomic mass is 28.4. The number of halogens is 1. The molecule has 44 heavy (non-hydrogen) atoms. The van der Waals surface area contributed by atoms with Gasteiger partial charge in [0.25, 0.3) is 0 Å². The van der Waals surface area contributed by atoms with Crippen molar-refractivity contribution in [2.24, 2.45) is 0 Å². The summed E-state index contributed by atoms with van der Waals surface area (Å²) in [5, 5.41) is 8.35. The number of aromatic nitrogens is 4. The van der Waals surface area contributed by atoms with Gasteiger partial charge in [-0.3, -0.25) is 4.98 Å². The number of fused-ring (bicyclic) bond motifs is 1. The number of pyridine rings is 1. The molecule has 0 radical (unpaired) electrons. The van der Waals surface area contributed by atoms with Gasteiger partial charge in [0.2, 0.25) is 0 Å². The molecule has 0 spiro atoms. The Morgan fingerprint density at radius 2 is 1.70 bits per heavy atom. The molecule has 10 heteroatoms. The molecule has 5 aromatic rings. The summed E-state index contributed by atoms with van der Waals surface area (Å²) < 4.78 is 33.9. The summed E-state index contributed by atoms with van der Waals surface area (Å²) in [6.07, 6.45) is 3.56. The van der Waals surface area contributed by atoms with E-state index in [0.29, 0.717) is 36.0 Å². The van der Waals surface area contributed by atoms with Crippen LogP contribution >= 0.6 is 0 Å². The molecule has 0 fully saturated rings. The third-order valence-electron chi connectivity index (χ3n) is 8.21. The predicted octanol–water partition coefficient (Wildman–Crippen LogP) is 8.21. The van der Waals surface area contributed by atoms with Crippen molar-refractivity contribution in [3.63, 3.8) is 0 Å². The molecule has 8 nitrogen and oxygen atoms in total. The molecule has 230 valence electrons. The molecular formula is C34H40FN5O3Si. The molecular weight excluding hydrogens is 573 g/mol. The highest BCUT2D eigenvalue weighted by Gasteiger charge is 2.37. The van der Waals surface area contributed by atoms with Crippen LogP contribution in [0.2, 0.25) is 18.1 Å². The lowest BCUT2D eigenvalue weighted by Gasteiger charge is -2.36. The Labute approximate surface area is 259 Å². The third-order valence-corrected chi connectivity index (χ3v) is 12.7. The van der Waals surface area contributed by atoms with Gasteiger partial charge in [-0.15, -0.1) is 5.10 Å². The first-order valence-corrected chi connectivity index (χ1v) is 17.6. The fraction of sp³-hybridized carbons (Fsp3) is 0.324. The van der Waals surface area contributed by atoms with E-state index in [1.165, 1.54) is 12.1 Å². The second-order valence-electron chi connectivity index (χ2n) is 12.4. The summed E-state index contributed by atoms with van der Waals surface area (Å²) in [5.74, 6) is 1.63. The molecule has 0 aliphatic carbocycles. The topological polar surface area (TPSA) is 82.8 Å². The number of methoxy groups -OCH3 is 1. The minimum atomic E-state index is -1.90. The van der Waals surface area contributed by atoms with E-state index in [0.717, 1.165) is 28.3 Å². The summed E-state index contributed by atoms with van der Waals surface area (Å²) in [7, 11) is -0.265. The summed E-state index contributed by atoms with van der Waals surface area (Å²) >= 11 is 0. The molecule has 0 saturated heterocycles. The Morgan fingerprint density at radius 3 is 2.43 bits per heavy atom. The number of nitrogens with zero attached hydrogens (tertiary/aromatic N) is 4. The van der Waals surface area contributed by atoms with Gasteiger partial charge < -0.3 is 19.2 Å². The molecule has 1 N–H and O–H groups in total. The van der Waals surface area contributed by atoms with E-state index in [1.807, 2.05) is 55.5 Å². The van der Waals surface area contributed by atoms with Crippen molar-refractivity contribution < 1.29 is 18.3 Å². The molecule has 2 aromatic carbocycles. The third kappa shape index (κ3) is 7.08. The van der Waals surface area contributed by atoms with Crippen molar-refractivity contribution in [1.82, 2.24) is 19.6 Å². The molecule has 5 rings (SSSR count). The van der Waals surface area contributed by atoms with Crippen LogP contribution in [-0.2, 0) is 17.6 Å². The number of benzene rings is 2. The molecule has 0 bridgehead atoms. The van der Waals surface area contributed by atoms with Crippen LogP contribution in [0.15, 0.2) is 79.1 Å². The number of anilines is 1. The lowest BCUT2D eigenvalue weighted by Crippen LogP contribution is -2.40. The molecule has 1 atom stereocenters. The smallest absolute Gasteiger partial charge is 0.192 e. The molecule has 3 aromatic heterocycles. The van der Waals surface area contributed by atoms with Crippen molar-refractivity contribution >= 4 is 19.8 Å². The monoisotopic (exact) mass is 613 g/mol. The second kappa shape index (κ2) is 12.8. The SMILES string of the molecule is COc1ccc(COc2ccc(F)cc2C(C)Nc2ccc3ncc(-c4cc(CO[Si](C)(C)C(C)(C)C)ccn4)n3n2)cc1. The average Bonchev–Trinajstić information content (AvgIpc) is 3.42. The van der Waals surface area contributed by atoms with Gasteiger partial charge in [0.15, 0.2) is 14.0 Å². The fourth-order valence-electron chi connectivity index (χ4n) is 4.48. The van der Waals surface area contributed by atoms with E-state index in [2.05, 4.69) is 49.1 Å². The first-order valence-electron chi connectivity index (χ1n) is 14.7. The van der Waals surface area contributed by atoms with Crippen molar-refractivity contribution in [2.45, 2.75) is 65.1 Å². The Hall–Kier alpha value is -4.28.